The largest absolute Gasteiger partial charge is 0.229 e. The molecule has 1 fully saturated rings. The van der Waals surface area contributed by atoms with Crippen molar-refractivity contribution in [1.29, 1.82) is 0 Å². The van der Waals surface area contributed by atoms with E-state index in [1.54, 1.807) is 0 Å². The van der Waals surface area contributed by atoms with Crippen LogP contribution in [0.4, 0.5) is 8.78 Å². The van der Waals surface area contributed by atoms with E-state index in [1.807, 2.05) is 0 Å². The lowest BCUT2D eigenvalue weighted by Gasteiger charge is -2.16. The van der Waals surface area contributed by atoms with E-state index < -0.39 is 42.5 Å². The number of rotatable bonds is 4. The highest BCUT2D eigenvalue weighted by Gasteiger charge is 2.36. The van der Waals surface area contributed by atoms with Gasteiger partial charge in [-0.3, -0.25) is 0 Å². The van der Waals surface area contributed by atoms with Gasteiger partial charge in [-0.05, 0) is 24.6 Å². The normalized spacial score (nSPS) is 20.8. The van der Waals surface area contributed by atoms with Gasteiger partial charge in [0.2, 0.25) is 10.0 Å². The summed E-state index contributed by atoms with van der Waals surface area (Å²) in [6.45, 7) is -0.0743. The lowest BCUT2D eigenvalue weighted by atomic mass is 10.2. The van der Waals surface area contributed by atoms with Gasteiger partial charge < -0.3 is 0 Å². The summed E-state index contributed by atoms with van der Waals surface area (Å²) in [5.41, 5.74) is -0.266. The standard InChI is InChI=1S/C12H15F2NO4S2/c1-20(16,17)11-4-5-15(7-11)21(18,19)8-9-6-10(13)2-3-12(9)14/h2-3,6,11H,4-5,7-8H2,1H3. The zero-order valence-electron chi connectivity index (χ0n) is 11.3. The van der Waals surface area contributed by atoms with Gasteiger partial charge in [-0.25, -0.2) is 29.9 Å². The van der Waals surface area contributed by atoms with Crippen molar-refractivity contribution in [3.63, 3.8) is 0 Å². The Hall–Kier alpha value is -1.06. The van der Waals surface area contributed by atoms with E-state index in [-0.39, 0.29) is 25.1 Å². The van der Waals surface area contributed by atoms with Gasteiger partial charge in [0.15, 0.2) is 9.84 Å². The summed E-state index contributed by atoms with van der Waals surface area (Å²) in [7, 11) is -7.21. The van der Waals surface area contributed by atoms with E-state index in [2.05, 4.69) is 0 Å². The van der Waals surface area contributed by atoms with Crippen molar-refractivity contribution in [2.45, 2.75) is 17.4 Å². The van der Waals surface area contributed by atoms with Crippen LogP contribution in [0.1, 0.15) is 12.0 Å². The van der Waals surface area contributed by atoms with Gasteiger partial charge in [0, 0.05) is 24.9 Å². The average molecular weight is 339 g/mol. The maximum Gasteiger partial charge on any atom is 0.218 e. The molecule has 1 unspecified atom stereocenters. The zero-order valence-corrected chi connectivity index (χ0v) is 12.9. The summed E-state index contributed by atoms with van der Waals surface area (Å²) in [5, 5.41) is -0.746. The van der Waals surface area contributed by atoms with Gasteiger partial charge in [0.25, 0.3) is 0 Å². The van der Waals surface area contributed by atoms with E-state index in [1.165, 1.54) is 0 Å². The summed E-state index contributed by atoms with van der Waals surface area (Å²) < 4.78 is 74.8. The third-order valence-electron chi connectivity index (χ3n) is 3.45. The van der Waals surface area contributed by atoms with Crippen molar-refractivity contribution in [2.75, 3.05) is 19.3 Å². The molecule has 118 valence electrons. The van der Waals surface area contributed by atoms with E-state index >= 15 is 0 Å². The van der Waals surface area contributed by atoms with Crippen molar-refractivity contribution in [1.82, 2.24) is 4.31 Å². The smallest absolute Gasteiger partial charge is 0.218 e. The molecule has 0 radical (unpaired) electrons. The van der Waals surface area contributed by atoms with Gasteiger partial charge in [-0.15, -0.1) is 0 Å². The lowest BCUT2D eigenvalue weighted by molar-refractivity contribution is 0.474. The first-order valence-electron chi connectivity index (χ1n) is 6.20. The molecule has 1 atom stereocenters. The molecule has 0 amide bonds. The first-order chi connectivity index (χ1) is 9.59. The summed E-state index contributed by atoms with van der Waals surface area (Å²) in [4.78, 5) is 0. The average Bonchev–Trinajstić information content (AvgIpc) is 2.83. The topological polar surface area (TPSA) is 71.5 Å². The van der Waals surface area contributed by atoms with Crippen LogP contribution >= 0.6 is 0 Å². The fourth-order valence-corrected chi connectivity index (χ4v) is 4.91. The highest BCUT2D eigenvalue weighted by molar-refractivity contribution is 7.91. The maximum absolute atomic E-state index is 13.5. The Kier molecular flexibility index (Phi) is 4.36. The first kappa shape index (κ1) is 16.3. The van der Waals surface area contributed by atoms with Crippen LogP contribution in [0.5, 0.6) is 0 Å². The predicted molar refractivity (Wildman–Crippen MR) is 73.8 cm³/mol. The van der Waals surface area contributed by atoms with Crippen molar-refractivity contribution in [3.05, 3.63) is 35.4 Å². The van der Waals surface area contributed by atoms with Crippen LogP contribution in [-0.2, 0) is 25.6 Å². The Morgan fingerprint density at radius 2 is 1.90 bits per heavy atom. The van der Waals surface area contributed by atoms with Crippen molar-refractivity contribution < 1.29 is 25.6 Å². The number of hydrogen-bond acceptors (Lipinski definition) is 4. The Balaban J connectivity index is 2.18. The second-order valence-electron chi connectivity index (χ2n) is 5.09. The van der Waals surface area contributed by atoms with Crippen molar-refractivity contribution in [3.8, 4) is 0 Å². The van der Waals surface area contributed by atoms with Crippen LogP contribution < -0.4 is 0 Å². The molecule has 5 nitrogen and oxygen atoms in total. The van der Waals surface area contributed by atoms with Gasteiger partial charge >= 0.3 is 0 Å². The summed E-state index contributed by atoms with van der Waals surface area (Å²) in [6.07, 6.45) is 1.27. The van der Waals surface area contributed by atoms with Crippen LogP contribution in [-0.4, -0.2) is 45.7 Å². The molecule has 1 aliphatic heterocycles. The molecule has 2 rings (SSSR count). The van der Waals surface area contributed by atoms with E-state index in [0.29, 0.717) is 0 Å². The number of hydrogen-bond donors (Lipinski definition) is 0. The molecule has 1 aliphatic rings. The Morgan fingerprint density at radius 3 is 2.48 bits per heavy atom. The van der Waals surface area contributed by atoms with Crippen LogP contribution in [0, 0.1) is 11.6 Å². The van der Waals surface area contributed by atoms with Gasteiger partial charge in [0.05, 0.1) is 11.0 Å². The molecule has 0 bridgehead atoms. The molecular formula is C12H15F2NO4S2. The molecule has 1 heterocycles. The lowest BCUT2D eigenvalue weighted by Crippen LogP contribution is -2.32. The predicted octanol–water partition coefficient (Wildman–Crippen LogP) is 0.914. The maximum atomic E-state index is 13.5. The third-order valence-corrected chi connectivity index (χ3v) is 6.84. The third kappa shape index (κ3) is 3.78. The molecule has 0 aromatic heterocycles. The number of sulfonamides is 1. The number of halogens is 2. The van der Waals surface area contributed by atoms with Gasteiger partial charge in [-0.2, -0.15) is 0 Å². The van der Waals surface area contributed by atoms with Crippen LogP contribution in [0.25, 0.3) is 0 Å². The minimum atomic E-state index is -3.88. The first-order valence-corrected chi connectivity index (χ1v) is 9.76. The molecule has 0 N–H and O–H groups in total. The molecule has 1 saturated heterocycles. The molecule has 21 heavy (non-hydrogen) atoms. The highest BCUT2D eigenvalue weighted by Crippen LogP contribution is 2.22. The van der Waals surface area contributed by atoms with Gasteiger partial charge in [-0.1, -0.05) is 0 Å². The fraction of sp³-hybridized carbons (Fsp3) is 0.500. The Labute approximate surface area is 122 Å². The SMILES string of the molecule is CS(=O)(=O)C1CCN(S(=O)(=O)Cc2cc(F)ccc2F)C1. The van der Waals surface area contributed by atoms with Crippen LogP contribution in [0.15, 0.2) is 18.2 Å². The van der Waals surface area contributed by atoms with E-state index in [9.17, 15) is 25.6 Å². The number of benzene rings is 1. The fourth-order valence-electron chi connectivity index (χ4n) is 2.24. The van der Waals surface area contributed by atoms with Crippen molar-refractivity contribution in [2.24, 2.45) is 0 Å². The molecule has 0 saturated carbocycles. The molecule has 1 aromatic rings. The van der Waals surface area contributed by atoms with E-state index in [0.717, 1.165) is 28.8 Å². The van der Waals surface area contributed by atoms with Crippen molar-refractivity contribution >= 4 is 19.9 Å². The molecule has 9 heteroatoms. The molecular weight excluding hydrogens is 324 g/mol. The molecule has 0 aliphatic carbocycles. The number of nitrogens with zero attached hydrogens (tertiary/aromatic N) is 1. The zero-order chi connectivity index (χ0) is 15.8. The molecule has 1 aromatic carbocycles. The van der Waals surface area contributed by atoms with Crippen LogP contribution in [0.3, 0.4) is 0 Å². The Morgan fingerprint density at radius 1 is 1.24 bits per heavy atom. The van der Waals surface area contributed by atoms with Gasteiger partial charge in [0.1, 0.15) is 11.6 Å². The monoisotopic (exact) mass is 339 g/mol. The molecule has 0 spiro atoms. The van der Waals surface area contributed by atoms with Crippen LogP contribution in [0.2, 0.25) is 0 Å². The Bertz CT molecular complexity index is 747. The second-order valence-corrected chi connectivity index (χ2v) is 9.38. The highest BCUT2D eigenvalue weighted by atomic mass is 32.2. The summed E-state index contributed by atoms with van der Waals surface area (Å²) in [6, 6.07) is 2.60. The quantitative estimate of drug-likeness (QED) is 0.818. The number of sulfone groups is 1. The summed E-state index contributed by atoms with van der Waals surface area (Å²) >= 11 is 0. The minimum Gasteiger partial charge on any atom is -0.229 e. The second kappa shape index (κ2) is 5.62. The summed E-state index contributed by atoms with van der Waals surface area (Å²) in [5.74, 6) is -2.22. The minimum absolute atomic E-state index is 0.0665. The van der Waals surface area contributed by atoms with E-state index in [4.69, 9.17) is 0 Å².